The Labute approximate surface area is 130 Å². The van der Waals surface area contributed by atoms with Crippen LogP contribution >= 0.6 is 0 Å². The maximum Gasteiger partial charge on any atom is 0.177 e. The molecule has 5 heteroatoms. The monoisotopic (exact) mass is 299 g/mol. The minimum absolute atomic E-state index is 0.551. The van der Waals surface area contributed by atoms with E-state index in [9.17, 15) is 0 Å². The lowest BCUT2D eigenvalue weighted by atomic mass is 9.95. The number of rotatable bonds is 3. The second-order valence-electron chi connectivity index (χ2n) is 6.71. The molecule has 118 valence electrons. The van der Waals surface area contributed by atoms with Crippen molar-refractivity contribution in [1.29, 1.82) is 0 Å². The number of aryl methyl sites for hydroxylation is 1. The van der Waals surface area contributed by atoms with E-state index in [1.807, 2.05) is 0 Å². The second-order valence-corrected chi connectivity index (χ2v) is 6.71. The van der Waals surface area contributed by atoms with Crippen molar-refractivity contribution in [2.75, 3.05) is 6.54 Å². The number of hydrogen-bond acceptors (Lipinski definition) is 3. The summed E-state index contributed by atoms with van der Waals surface area (Å²) >= 11 is 0. The number of nitrogens with one attached hydrogen (secondary N) is 1. The van der Waals surface area contributed by atoms with Crippen LogP contribution in [0.3, 0.4) is 0 Å². The molecule has 0 radical (unpaired) electrons. The van der Waals surface area contributed by atoms with Gasteiger partial charge in [0.05, 0.1) is 0 Å². The highest BCUT2D eigenvalue weighted by Crippen LogP contribution is 2.39. The predicted octanol–water partition coefficient (Wildman–Crippen LogP) is 3.37. The highest BCUT2D eigenvalue weighted by Gasteiger charge is 2.29. The zero-order valence-corrected chi connectivity index (χ0v) is 13.6. The fraction of sp³-hybridized carbons (Fsp3) is 0.706. The lowest BCUT2D eigenvalue weighted by Crippen LogP contribution is -2.23. The summed E-state index contributed by atoms with van der Waals surface area (Å²) in [6.07, 6.45) is 9.02. The van der Waals surface area contributed by atoms with Gasteiger partial charge in [0.15, 0.2) is 11.1 Å². The third-order valence-corrected chi connectivity index (χ3v) is 4.98. The molecule has 2 aromatic heterocycles. The Morgan fingerprint density at radius 2 is 1.91 bits per heavy atom. The highest BCUT2D eigenvalue weighted by atomic mass is 15.2. The maximum absolute atomic E-state index is 4.96. The molecule has 0 spiro atoms. The van der Waals surface area contributed by atoms with Crippen molar-refractivity contribution in [3.8, 4) is 0 Å². The molecule has 2 aliphatic rings. The summed E-state index contributed by atoms with van der Waals surface area (Å²) < 4.78 is 2.38. The van der Waals surface area contributed by atoms with Gasteiger partial charge in [0.1, 0.15) is 17.2 Å². The molecule has 2 aliphatic carbocycles. The van der Waals surface area contributed by atoms with Crippen molar-refractivity contribution >= 4 is 11.2 Å². The van der Waals surface area contributed by atoms with E-state index in [-0.39, 0.29) is 0 Å². The molecular formula is C17H25N5. The zero-order valence-electron chi connectivity index (χ0n) is 13.6. The number of aromatic nitrogens is 4. The molecule has 22 heavy (non-hydrogen) atoms. The van der Waals surface area contributed by atoms with Crippen LogP contribution in [0.15, 0.2) is 4.99 Å². The van der Waals surface area contributed by atoms with Crippen LogP contribution in [0.1, 0.15) is 75.5 Å². The van der Waals surface area contributed by atoms with E-state index in [0.29, 0.717) is 12.0 Å². The number of imidazole rings is 1. The summed E-state index contributed by atoms with van der Waals surface area (Å²) in [6.45, 7) is 4.92. The molecule has 2 fully saturated rings. The quantitative estimate of drug-likeness (QED) is 0.944. The molecule has 2 saturated carbocycles. The van der Waals surface area contributed by atoms with Gasteiger partial charge in [-0.3, -0.25) is 4.99 Å². The van der Waals surface area contributed by atoms with E-state index < -0.39 is 0 Å². The van der Waals surface area contributed by atoms with Crippen LogP contribution < -0.4 is 5.49 Å². The summed E-state index contributed by atoms with van der Waals surface area (Å²) in [7, 11) is 0. The Morgan fingerprint density at radius 3 is 2.59 bits per heavy atom. The first-order valence-corrected chi connectivity index (χ1v) is 8.77. The average Bonchev–Trinajstić information content (AvgIpc) is 3.28. The third-order valence-electron chi connectivity index (χ3n) is 4.98. The number of fused-ring (bicyclic) bond motifs is 1. The molecule has 0 bridgehead atoms. The summed E-state index contributed by atoms with van der Waals surface area (Å²) in [5.74, 6) is 2.82. The van der Waals surface area contributed by atoms with Crippen molar-refractivity contribution in [2.24, 2.45) is 4.99 Å². The molecule has 0 amide bonds. The van der Waals surface area contributed by atoms with Gasteiger partial charge in [-0.2, -0.15) is 0 Å². The summed E-state index contributed by atoms with van der Waals surface area (Å²) in [5.41, 5.74) is 2.95. The van der Waals surface area contributed by atoms with Crippen molar-refractivity contribution in [2.45, 2.75) is 70.8 Å². The van der Waals surface area contributed by atoms with Gasteiger partial charge in [-0.15, -0.1) is 0 Å². The van der Waals surface area contributed by atoms with Gasteiger partial charge in [-0.1, -0.05) is 19.3 Å². The first-order chi connectivity index (χ1) is 10.8. The lowest BCUT2D eigenvalue weighted by molar-refractivity contribution is 0.350. The van der Waals surface area contributed by atoms with Gasteiger partial charge < -0.3 is 9.55 Å². The van der Waals surface area contributed by atoms with Crippen LogP contribution in [0.2, 0.25) is 0 Å². The molecular weight excluding hydrogens is 274 g/mol. The van der Waals surface area contributed by atoms with E-state index in [1.54, 1.807) is 0 Å². The van der Waals surface area contributed by atoms with Crippen LogP contribution in [0, 0.1) is 6.92 Å². The molecule has 2 aromatic rings. The molecule has 1 N–H and O–H groups in total. The fourth-order valence-electron chi connectivity index (χ4n) is 3.72. The number of nitrogens with zero attached hydrogens (tertiary/aromatic N) is 4. The Balaban J connectivity index is 1.92. The predicted molar refractivity (Wildman–Crippen MR) is 86.8 cm³/mol. The van der Waals surface area contributed by atoms with Gasteiger partial charge >= 0.3 is 0 Å². The molecule has 4 rings (SSSR count). The van der Waals surface area contributed by atoms with Crippen molar-refractivity contribution < 1.29 is 0 Å². The van der Waals surface area contributed by atoms with E-state index in [1.165, 1.54) is 44.9 Å². The smallest absolute Gasteiger partial charge is 0.177 e. The molecule has 5 nitrogen and oxygen atoms in total. The first kappa shape index (κ1) is 14.0. The minimum Gasteiger partial charge on any atom is -0.337 e. The minimum atomic E-state index is 0.551. The summed E-state index contributed by atoms with van der Waals surface area (Å²) in [4.78, 5) is 17.9. The van der Waals surface area contributed by atoms with Crippen LogP contribution in [0.25, 0.3) is 11.2 Å². The van der Waals surface area contributed by atoms with E-state index in [2.05, 4.69) is 28.4 Å². The summed E-state index contributed by atoms with van der Waals surface area (Å²) in [6, 6.07) is 0.551. The summed E-state index contributed by atoms with van der Waals surface area (Å²) in [5, 5.41) is 0. The van der Waals surface area contributed by atoms with E-state index in [4.69, 9.17) is 9.97 Å². The van der Waals surface area contributed by atoms with Crippen molar-refractivity contribution in [1.82, 2.24) is 19.5 Å². The number of hydrogen-bond donors (Lipinski definition) is 1. The normalized spacial score (nSPS) is 20.9. The van der Waals surface area contributed by atoms with Crippen molar-refractivity contribution in [3.63, 3.8) is 0 Å². The first-order valence-electron chi connectivity index (χ1n) is 8.77. The van der Waals surface area contributed by atoms with Crippen LogP contribution in [-0.2, 0) is 0 Å². The maximum atomic E-state index is 4.96. The Kier molecular flexibility index (Phi) is 3.51. The molecule has 0 saturated heterocycles. The molecule has 0 aromatic carbocycles. The fourth-order valence-corrected chi connectivity index (χ4v) is 3.72. The molecule has 2 heterocycles. The van der Waals surface area contributed by atoms with Gasteiger partial charge in [-0.25, -0.2) is 9.97 Å². The van der Waals surface area contributed by atoms with Gasteiger partial charge in [0.2, 0.25) is 0 Å². The standard InChI is InChI=1S/C17H25N5/c1-3-18-16-14-17(21-15(20-14)12-9-10-12)22(11(2)19-16)13-7-5-4-6-8-13/h12-13H,3-10H2,1-2H3,(H,20,21). The number of aromatic amines is 1. The number of H-pyrrole nitrogens is 1. The lowest BCUT2D eigenvalue weighted by Gasteiger charge is -2.26. The van der Waals surface area contributed by atoms with Gasteiger partial charge in [-0.05, 0) is 39.5 Å². The SMILES string of the molecule is CCN=c1nc(C)n(C2CCCCC2)c2nc(C3CC3)[nH]c12. The van der Waals surface area contributed by atoms with E-state index in [0.717, 1.165) is 34.8 Å². The molecule has 0 aliphatic heterocycles. The highest BCUT2D eigenvalue weighted by molar-refractivity contribution is 5.70. The Bertz CT molecular complexity index is 744. The largest absolute Gasteiger partial charge is 0.337 e. The topological polar surface area (TPSA) is 58.9 Å². The zero-order chi connectivity index (χ0) is 15.1. The van der Waals surface area contributed by atoms with Crippen molar-refractivity contribution in [3.05, 3.63) is 17.1 Å². The van der Waals surface area contributed by atoms with Crippen LogP contribution in [0.5, 0.6) is 0 Å². The Hall–Kier alpha value is -1.65. The van der Waals surface area contributed by atoms with E-state index >= 15 is 0 Å². The molecule has 0 atom stereocenters. The average molecular weight is 299 g/mol. The van der Waals surface area contributed by atoms with Crippen LogP contribution in [0.4, 0.5) is 0 Å². The van der Waals surface area contributed by atoms with Gasteiger partial charge in [0.25, 0.3) is 0 Å². The molecule has 0 unspecified atom stereocenters. The second kappa shape index (κ2) is 5.52. The Morgan fingerprint density at radius 1 is 1.14 bits per heavy atom. The van der Waals surface area contributed by atoms with Gasteiger partial charge in [0, 0.05) is 18.5 Å². The van der Waals surface area contributed by atoms with Crippen LogP contribution in [-0.4, -0.2) is 26.1 Å². The third kappa shape index (κ3) is 2.36.